The van der Waals surface area contributed by atoms with Crippen molar-refractivity contribution in [1.82, 2.24) is 0 Å². The lowest BCUT2D eigenvalue weighted by atomic mass is 10.1. The van der Waals surface area contributed by atoms with Gasteiger partial charge in [-0.25, -0.2) is 9.69 Å². The molecule has 1 atom stereocenters. The Bertz CT molecular complexity index is 833. The van der Waals surface area contributed by atoms with Gasteiger partial charge >= 0.3 is 5.97 Å². The van der Waals surface area contributed by atoms with E-state index in [0.717, 1.165) is 19.4 Å². The number of nitrogens with zero attached hydrogens (tertiary/aromatic N) is 1. The molecule has 1 saturated heterocycles. The smallest absolute Gasteiger partial charge is 0.338 e. The molecule has 6 nitrogen and oxygen atoms in total. The van der Waals surface area contributed by atoms with E-state index in [1.54, 1.807) is 31.2 Å². The number of hydrogen-bond acceptors (Lipinski definition) is 4. The molecule has 1 aliphatic heterocycles. The summed E-state index contributed by atoms with van der Waals surface area (Å²) in [5, 5.41) is 1.95. The van der Waals surface area contributed by atoms with Crippen LogP contribution in [0.1, 0.15) is 35.7 Å². The van der Waals surface area contributed by atoms with Crippen LogP contribution in [-0.2, 0) is 20.7 Å². The summed E-state index contributed by atoms with van der Waals surface area (Å²) in [4.78, 5) is 38.0. The molecule has 6 heteroatoms. The minimum absolute atomic E-state index is 0.198. The molecular weight excluding hydrogens is 356 g/mol. The number of imide groups is 1. The van der Waals surface area contributed by atoms with E-state index in [2.05, 4.69) is 12.1 Å². The zero-order valence-electron chi connectivity index (χ0n) is 16.0. The van der Waals surface area contributed by atoms with Crippen LogP contribution >= 0.6 is 0 Å². The van der Waals surface area contributed by atoms with Crippen LogP contribution in [0.15, 0.2) is 54.6 Å². The average Bonchev–Trinajstić information content (AvgIpc) is 2.99. The van der Waals surface area contributed by atoms with E-state index in [1.165, 1.54) is 10.5 Å². The van der Waals surface area contributed by atoms with Gasteiger partial charge in [-0.3, -0.25) is 9.59 Å². The number of carbonyl (C=O) groups is 3. The first-order valence-electron chi connectivity index (χ1n) is 9.61. The number of aryl methyl sites for hydroxylation is 1. The molecule has 2 amide bonds. The Morgan fingerprint density at radius 3 is 2.50 bits per heavy atom. The molecule has 1 aliphatic rings. The van der Waals surface area contributed by atoms with E-state index >= 15 is 0 Å². The fourth-order valence-electron chi connectivity index (χ4n) is 3.34. The predicted octanol–water partition coefficient (Wildman–Crippen LogP) is 1.69. The fraction of sp³-hybridized carbons (Fsp3) is 0.318. The molecule has 0 saturated carbocycles. The zero-order chi connectivity index (χ0) is 19.9. The van der Waals surface area contributed by atoms with Crippen LogP contribution in [0.3, 0.4) is 0 Å². The normalized spacial score (nSPS) is 16.5. The Kier molecular flexibility index (Phi) is 6.55. The molecule has 0 spiro atoms. The molecule has 3 rings (SSSR count). The first-order valence-corrected chi connectivity index (χ1v) is 9.61. The molecule has 1 fully saturated rings. The van der Waals surface area contributed by atoms with Crippen molar-refractivity contribution >= 4 is 23.5 Å². The Morgan fingerprint density at radius 2 is 1.82 bits per heavy atom. The summed E-state index contributed by atoms with van der Waals surface area (Å²) in [6, 6.07) is 16.2. The molecule has 2 N–H and O–H groups in total. The molecule has 0 aliphatic carbocycles. The highest BCUT2D eigenvalue weighted by Gasteiger charge is 2.42. The summed E-state index contributed by atoms with van der Waals surface area (Å²) in [7, 11) is 0. The van der Waals surface area contributed by atoms with Crippen LogP contribution in [0.5, 0.6) is 0 Å². The van der Waals surface area contributed by atoms with Gasteiger partial charge in [0.15, 0.2) is 6.04 Å². The Balaban J connectivity index is 1.55. The van der Waals surface area contributed by atoms with Crippen molar-refractivity contribution in [2.24, 2.45) is 0 Å². The maximum Gasteiger partial charge on any atom is 0.338 e. The summed E-state index contributed by atoms with van der Waals surface area (Å²) in [5.74, 6) is -0.829. The van der Waals surface area contributed by atoms with Gasteiger partial charge < -0.3 is 10.1 Å². The van der Waals surface area contributed by atoms with Crippen LogP contribution in [0.25, 0.3) is 0 Å². The largest absolute Gasteiger partial charge is 0.462 e. The van der Waals surface area contributed by atoms with Gasteiger partial charge in [-0.1, -0.05) is 30.3 Å². The first kappa shape index (κ1) is 19.8. The summed E-state index contributed by atoms with van der Waals surface area (Å²) in [6.07, 6.45) is 2.09. The number of benzene rings is 2. The van der Waals surface area contributed by atoms with Crippen molar-refractivity contribution in [1.29, 1.82) is 0 Å². The van der Waals surface area contributed by atoms with Crippen LogP contribution < -0.4 is 10.2 Å². The highest BCUT2D eigenvalue weighted by Crippen LogP contribution is 2.22. The van der Waals surface area contributed by atoms with Crippen molar-refractivity contribution in [3.05, 3.63) is 65.7 Å². The van der Waals surface area contributed by atoms with Crippen molar-refractivity contribution in [2.45, 2.75) is 32.2 Å². The number of anilines is 1. The number of hydrogen-bond donors (Lipinski definition) is 1. The van der Waals surface area contributed by atoms with Gasteiger partial charge in [0.2, 0.25) is 5.91 Å². The number of esters is 1. The van der Waals surface area contributed by atoms with Gasteiger partial charge in [-0.15, -0.1) is 0 Å². The lowest BCUT2D eigenvalue weighted by Crippen LogP contribution is -2.91. The number of carbonyl (C=O) groups excluding carboxylic acids is 3. The molecule has 0 bridgehead atoms. The standard InChI is InChI=1S/C22H24N2O4/c1-2-28-22(27)17-10-12-18(13-11-17)24-20(25)15-19(21(24)26)23-14-6-9-16-7-4-3-5-8-16/h3-5,7-8,10-13,19,23H,2,6,9,14-15H2,1H3/p+1/t19-/m0/s1. The van der Waals surface area contributed by atoms with Crippen LogP contribution in [-0.4, -0.2) is 37.0 Å². The molecule has 28 heavy (non-hydrogen) atoms. The second kappa shape index (κ2) is 9.28. The second-order valence-corrected chi connectivity index (χ2v) is 6.76. The molecule has 0 unspecified atom stereocenters. The van der Waals surface area contributed by atoms with Crippen LogP contribution in [0.2, 0.25) is 0 Å². The van der Waals surface area contributed by atoms with E-state index < -0.39 is 5.97 Å². The first-order chi connectivity index (χ1) is 13.6. The topological polar surface area (TPSA) is 80.3 Å². The van der Waals surface area contributed by atoms with E-state index in [9.17, 15) is 14.4 Å². The van der Waals surface area contributed by atoms with Gasteiger partial charge in [0, 0.05) is 6.42 Å². The van der Waals surface area contributed by atoms with Gasteiger partial charge in [-0.05, 0) is 43.2 Å². The number of rotatable bonds is 8. The SMILES string of the molecule is CCOC(=O)c1ccc(N2C(=O)C[C@H]([NH2+]CCCc3ccccc3)C2=O)cc1. The quantitative estimate of drug-likeness (QED) is 0.429. The number of ether oxygens (including phenoxy) is 1. The monoisotopic (exact) mass is 381 g/mol. The second-order valence-electron chi connectivity index (χ2n) is 6.76. The maximum absolute atomic E-state index is 12.7. The van der Waals surface area contributed by atoms with Crippen LogP contribution in [0, 0.1) is 0 Å². The highest BCUT2D eigenvalue weighted by molar-refractivity contribution is 6.21. The van der Waals surface area contributed by atoms with Crippen molar-refractivity contribution < 1.29 is 24.4 Å². The van der Waals surface area contributed by atoms with Gasteiger partial charge in [0.25, 0.3) is 5.91 Å². The minimum atomic E-state index is -0.419. The molecule has 146 valence electrons. The summed E-state index contributed by atoms with van der Waals surface area (Å²) in [6.45, 7) is 2.82. The van der Waals surface area contributed by atoms with Crippen molar-refractivity contribution in [2.75, 3.05) is 18.1 Å². The van der Waals surface area contributed by atoms with Gasteiger partial charge in [-0.2, -0.15) is 0 Å². The van der Waals surface area contributed by atoms with E-state index in [1.807, 2.05) is 23.5 Å². The third kappa shape index (κ3) is 4.64. The fourth-order valence-corrected chi connectivity index (χ4v) is 3.34. The number of amides is 2. The van der Waals surface area contributed by atoms with Gasteiger partial charge in [0.05, 0.1) is 30.8 Å². The molecular formula is C22H25N2O4+. The summed E-state index contributed by atoms with van der Waals surface area (Å²) in [5.41, 5.74) is 2.16. The van der Waals surface area contributed by atoms with Crippen molar-refractivity contribution in [3.8, 4) is 0 Å². The van der Waals surface area contributed by atoms with E-state index in [-0.39, 0.29) is 24.3 Å². The predicted molar refractivity (Wildman–Crippen MR) is 105 cm³/mol. The molecule has 2 aromatic rings. The third-order valence-electron chi connectivity index (χ3n) is 4.78. The van der Waals surface area contributed by atoms with Crippen LogP contribution in [0.4, 0.5) is 5.69 Å². The minimum Gasteiger partial charge on any atom is -0.462 e. The number of nitrogens with two attached hydrogens (primary N) is 1. The Labute approximate surface area is 164 Å². The Hall–Kier alpha value is -2.99. The average molecular weight is 381 g/mol. The molecule has 0 aromatic heterocycles. The Morgan fingerprint density at radius 1 is 1.11 bits per heavy atom. The number of quaternary nitrogens is 1. The summed E-state index contributed by atoms with van der Waals surface area (Å²) < 4.78 is 4.95. The molecule has 0 radical (unpaired) electrons. The van der Waals surface area contributed by atoms with E-state index in [4.69, 9.17) is 4.74 Å². The van der Waals surface area contributed by atoms with E-state index in [0.29, 0.717) is 17.9 Å². The van der Waals surface area contributed by atoms with Gasteiger partial charge in [0.1, 0.15) is 0 Å². The molecule has 2 aromatic carbocycles. The summed E-state index contributed by atoms with van der Waals surface area (Å²) >= 11 is 0. The highest BCUT2D eigenvalue weighted by atomic mass is 16.5. The van der Waals surface area contributed by atoms with Crippen molar-refractivity contribution in [3.63, 3.8) is 0 Å². The zero-order valence-corrected chi connectivity index (χ0v) is 16.0. The lowest BCUT2D eigenvalue weighted by molar-refractivity contribution is -0.674. The maximum atomic E-state index is 12.7. The third-order valence-corrected chi connectivity index (χ3v) is 4.78. The molecule has 1 heterocycles. The lowest BCUT2D eigenvalue weighted by Gasteiger charge is -2.14.